The Morgan fingerprint density at radius 3 is 2.38 bits per heavy atom. The molecule has 1 N–H and O–H groups in total. The molecule has 1 aliphatic rings. The minimum absolute atomic E-state index is 0.000318. The van der Waals surface area contributed by atoms with Crippen LogP contribution in [0, 0.1) is 11.3 Å². The van der Waals surface area contributed by atoms with Crippen LogP contribution in [0.25, 0.3) is 0 Å². The van der Waals surface area contributed by atoms with Gasteiger partial charge in [0.25, 0.3) is 0 Å². The number of carbonyl (C=O) groups is 1. The maximum atomic E-state index is 12.5. The molecule has 0 radical (unpaired) electrons. The summed E-state index contributed by atoms with van der Waals surface area (Å²) in [5.74, 6) is -0.0114. The molecule has 2 nitrogen and oxygen atoms in total. The average molecular weight is 328 g/mol. The molecular weight excluding hydrogens is 305 g/mol. The second-order valence-electron chi connectivity index (χ2n) is 6.07. The van der Waals surface area contributed by atoms with Gasteiger partial charge in [0.1, 0.15) is 4.33 Å². The van der Waals surface area contributed by atoms with E-state index in [1.54, 1.807) is 0 Å². The third-order valence-electron chi connectivity index (χ3n) is 4.84. The zero-order chi connectivity index (χ0) is 15.7. The topological polar surface area (TPSA) is 29.1 Å². The predicted octanol–water partition coefficient (Wildman–Crippen LogP) is 4.34. The first-order valence-corrected chi connectivity index (χ1v) is 8.34. The lowest BCUT2D eigenvalue weighted by atomic mass is 9.98. The number of nitrogens with one attached hydrogen (secondary N) is 1. The highest BCUT2D eigenvalue weighted by Gasteiger charge is 2.76. The van der Waals surface area contributed by atoms with E-state index in [1.807, 2.05) is 39.0 Å². The largest absolute Gasteiger partial charge is 0.353 e. The van der Waals surface area contributed by atoms with E-state index in [4.69, 9.17) is 23.2 Å². The molecule has 0 spiro atoms. The SMILES string of the molecule is CC[C@@]1(C(=O)N[C@H](C)CCc2ccccc2)[C@H](C)C1(Cl)Cl. The molecule has 0 unspecified atom stereocenters. The van der Waals surface area contributed by atoms with Crippen molar-refractivity contribution in [2.45, 2.75) is 50.4 Å². The van der Waals surface area contributed by atoms with Crippen LogP contribution in [-0.4, -0.2) is 16.3 Å². The third kappa shape index (κ3) is 2.93. The Bertz CT molecular complexity index is 503. The lowest BCUT2D eigenvalue weighted by Gasteiger charge is -2.20. The van der Waals surface area contributed by atoms with E-state index in [0.717, 1.165) is 12.8 Å². The van der Waals surface area contributed by atoms with Crippen LogP contribution in [0.4, 0.5) is 0 Å². The Morgan fingerprint density at radius 1 is 1.33 bits per heavy atom. The molecule has 3 atom stereocenters. The first kappa shape index (κ1) is 16.6. The standard InChI is InChI=1S/C17H23Cl2NO/c1-4-16(13(3)17(16,18)19)15(21)20-12(2)10-11-14-8-6-5-7-9-14/h5-9,12-13H,4,10-11H2,1-3H3,(H,20,21)/t12-,13+,16+/m1/s1. The number of benzene rings is 1. The molecule has 116 valence electrons. The Morgan fingerprint density at radius 2 is 1.90 bits per heavy atom. The van der Waals surface area contributed by atoms with E-state index >= 15 is 0 Å². The molecule has 1 saturated carbocycles. The molecule has 1 aromatic rings. The van der Waals surface area contributed by atoms with Gasteiger partial charge in [-0.2, -0.15) is 0 Å². The van der Waals surface area contributed by atoms with Crippen molar-refractivity contribution < 1.29 is 4.79 Å². The molecule has 2 rings (SSSR count). The molecule has 4 heteroatoms. The van der Waals surface area contributed by atoms with Crippen molar-refractivity contribution in [1.29, 1.82) is 0 Å². The maximum absolute atomic E-state index is 12.5. The normalized spacial score (nSPS) is 28.0. The molecule has 1 aromatic carbocycles. The Labute approximate surface area is 137 Å². The highest BCUT2D eigenvalue weighted by molar-refractivity contribution is 6.53. The first-order chi connectivity index (χ1) is 9.86. The van der Waals surface area contributed by atoms with E-state index in [1.165, 1.54) is 5.56 Å². The fraction of sp³-hybridized carbons (Fsp3) is 0.588. The fourth-order valence-corrected chi connectivity index (χ4v) is 4.17. The van der Waals surface area contributed by atoms with Gasteiger partial charge in [0, 0.05) is 12.0 Å². The van der Waals surface area contributed by atoms with Gasteiger partial charge in [-0.25, -0.2) is 0 Å². The summed E-state index contributed by atoms with van der Waals surface area (Å²) >= 11 is 12.5. The number of halogens is 2. The Hall–Kier alpha value is -0.730. The highest BCUT2D eigenvalue weighted by Crippen LogP contribution is 2.70. The van der Waals surface area contributed by atoms with Crippen LogP contribution in [0.1, 0.15) is 39.2 Å². The van der Waals surface area contributed by atoms with Crippen LogP contribution < -0.4 is 5.32 Å². The van der Waals surface area contributed by atoms with Crippen LogP contribution in [-0.2, 0) is 11.2 Å². The molecule has 0 heterocycles. The van der Waals surface area contributed by atoms with Gasteiger partial charge in [0.05, 0.1) is 5.41 Å². The van der Waals surface area contributed by atoms with E-state index in [2.05, 4.69) is 17.4 Å². The molecular formula is C17H23Cl2NO. The average Bonchev–Trinajstić information content (AvgIpc) is 2.91. The summed E-state index contributed by atoms with van der Waals surface area (Å²) < 4.78 is -0.926. The summed E-state index contributed by atoms with van der Waals surface area (Å²) in [6.07, 6.45) is 2.52. The summed E-state index contributed by atoms with van der Waals surface area (Å²) in [5, 5.41) is 3.08. The van der Waals surface area contributed by atoms with E-state index in [0.29, 0.717) is 6.42 Å². The third-order valence-corrected chi connectivity index (χ3v) is 6.17. The second-order valence-corrected chi connectivity index (χ2v) is 7.45. The zero-order valence-electron chi connectivity index (χ0n) is 12.8. The number of hydrogen-bond acceptors (Lipinski definition) is 1. The lowest BCUT2D eigenvalue weighted by Crippen LogP contribution is -2.40. The smallest absolute Gasteiger partial charge is 0.229 e. The van der Waals surface area contributed by atoms with Crippen molar-refractivity contribution in [3.05, 3.63) is 35.9 Å². The summed E-state index contributed by atoms with van der Waals surface area (Å²) in [4.78, 5) is 12.5. The van der Waals surface area contributed by atoms with Gasteiger partial charge in [-0.3, -0.25) is 4.79 Å². The van der Waals surface area contributed by atoms with Gasteiger partial charge >= 0.3 is 0 Å². The zero-order valence-corrected chi connectivity index (χ0v) is 14.3. The molecule has 0 saturated heterocycles. The van der Waals surface area contributed by atoms with Crippen molar-refractivity contribution in [1.82, 2.24) is 5.32 Å². The molecule has 0 aromatic heterocycles. The van der Waals surface area contributed by atoms with Crippen LogP contribution in [0.2, 0.25) is 0 Å². The summed E-state index contributed by atoms with van der Waals surface area (Å²) in [7, 11) is 0. The Kier molecular flexibility index (Phi) is 4.89. The number of carbonyl (C=O) groups excluding carboxylic acids is 1. The molecule has 0 aliphatic heterocycles. The quantitative estimate of drug-likeness (QED) is 0.773. The minimum atomic E-state index is -0.926. The van der Waals surface area contributed by atoms with Crippen molar-refractivity contribution in [3.8, 4) is 0 Å². The fourth-order valence-electron chi connectivity index (χ4n) is 3.14. The van der Waals surface area contributed by atoms with Crippen LogP contribution >= 0.6 is 23.2 Å². The molecule has 21 heavy (non-hydrogen) atoms. The van der Waals surface area contributed by atoms with E-state index in [-0.39, 0.29) is 17.9 Å². The van der Waals surface area contributed by atoms with Crippen molar-refractivity contribution >= 4 is 29.1 Å². The van der Waals surface area contributed by atoms with Crippen LogP contribution in [0.5, 0.6) is 0 Å². The van der Waals surface area contributed by atoms with Crippen molar-refractivity contribution in [2.75, 3.05) is 0 Å². The summed E-state index contributed by atoms with van der Waals surface area (Å²) in [5.41, 5.74) is 0.657. The van der Waals surface area contributed by atoms with Gasteiger partial charge in [-0.05, 0) is 31.7 Å². The van der Waals surface area contributed by atoms with Gasteiger partial charge in [-0.15, -0.1) is 23.2 Å². The van der Waals surface area contributed by atoms with Crippen molar-refractivity contribution in [2.24, 2.45) is 11.3 Å². The summed E-state index contributed by atoms with van der Waals surface area (Å²) in [6, 6.07) is 10.4. The number of aryl methyl sites for hydroxylation is 1. The second kappa shape index (κ2) is 6.18. The molecule has 0 bridgehead atoms. The van der Waals surface area contributed by atoms with Gasteiger partial charge in [0.2, 0.25) is 5.91 Å². The number of alkyl halides is 2. The number of amides is 1. The van der Waals surface area contributed by atoms with Crippen LogP contribution in [0.15, 0.2) is 30.3 Å². The predicted molar refractivity (Wildman–Crippen MR) is 88.7 cm³/mol. The molecule has 1 amide bonds. The molecule has 1 aliphatic carbocycles. The van der Waals surface area contributed by atoms with Crippen LogP contribution in [0.3, 0.4) is 0 Å². The first-order valence-electron chi connectivity index (χ1n) is 7.59. The van der Waals surface area contributed by atoms with Gasteiger partial charge < -0.3 is 5.32 Å². The highest BCUT2D eigenvalue weighted by atomic mass is 35.5. The van der Waals surface area contributed by atoms with Gasteiger partial charge in [-0.1, -0.05) is 44.2 Å². The molecule has 1 fully saturated rings. The van der Waals surface area contributed by atoms with Gasteiger partial charge in [0.15, 0.2) is 0 Å². The monoisotopic (exact) mass is 327 g/mol. The van der Waals surface area contributed by atoms with E-state index < -0.39 is 9.75 Å². The lowest BCUT2D eigenvalue weighted by molar-refractivity contribution is -0.127. The summed E-state index contributed by atoms with van der Waals surface area (Å²) in [6.45, 7) is 5.94. The van der Waals surface area contributed by atoms with E-state index in [9.17, 15) is 4.79 Å². The Balaban J connectivity index is 1.88. The maximum Gasteiger partial charge on any atom is 0.229 e. The number of rotatable bonds is 6. The van der Waals surface area contributed by atoms with Crippen molar-refractivity contribution in [3.63, 3.8) is 0 Å². The minimum Gasteiger partial charge on any atom is -0.353 e. The number of hydrogen-bond donors (Lipinski definition) is 1.